The van der Waals surface area contributed by atoms with E-state index in [-0.39, 0.29) is 27.6 Å². The lowest BCUT2D eigenvalue weighted by molar-refractivity contribution is 0.140. The summed E-state index contributed by atoms with van der Waals surface area (Å²) in [5.74, 6) is -0.461. The van der Waals surface area contributed by atoms with Gasteiger partial charge in [-0.2, -0.15) is 4.68 Å². The minimum atomic E-state index is -2.89. The van der Waals surface area contributed by atoms with Crippen molar-refractivity contribution in [3.05, 3.63) is 38.5 Å². The first-order valence-electron chi connectivity index (χ1n) is 5.93. The van der Waals surface area contributed by atoms with E-state index in [1.807, 2.05) is 4.98 Å². The Morgan fingerprint density at radius 3 is 2.48 bits per heavy atom. The predicted molar refractivity (Wildman–Crippen MR) is 74.9 cm³/mol. The molecule has 1 heterocycles. The molecule has 2 aromatic rings. The van der Waals surface area contributed by atoms with Gasteiger partial charge in [0.2, 0.25) is 0 Å². The first-order valence-corrected chi connectivity index (χ1v) is 6.68. The maximum atomic E-state index is 12.6. The van der Waals surface area contributed by atoms with Crippen molar-refractivity contribution in [3.8, 4) is 11.4 Å². The molecule has 9 heteroatoms. The summed E-state index contributed by atoms with van der Waals surface area (Å²) in [7, 11) is 0. The molecule has 0 aliphatic rings. The molecule has 0 fully saturated rings. The van der Waals surface area contributed by atoms with Crippen LogP contribution in [0.4, 0.5) is 8.78 Å². The van der Waals surface area contributed by atoms with Crippen LogP contribution in [0.2, 0.25) is 10.0 Å². The maximum absolute atomic E-state index is 12.6. The number of aromatic amines is 1. The van der Waals surface area contributed by atoms with Gasteiger partial charge >= 0.3 is 5.69 Å². The van der Waals surface area contributed by atoms with Crippen molar-refractivity contribution >= 4 is 23.2 Å². The van der Waals surface area contributed by atoms with Crippen molar-refractivity contribution in [2.45, 2.75) is 26.4 Å². The van der Waals surface area contributed by atoms with E-state index in [0.29, 0.717) is 0 Å². The molecule has 0 aliphatic carbocycles. The van der Waals surface area contributed by atoms with Crippen molar-refractivity contribution in [2.24, 2.45) is 0 Å². The van der Waals surface area contributed by atoms with Crippen LogP contribution in [-0.2, 0) is 0 Å². The highest BCUT2D eigenvalue weighted by atomic mass is 35.5. The number of aromatic nitrogens is 3. The van der Waals surface area contributed by atoms with Crippen LogP contribution in [-0.4, -0.2) is 20.9 Å². The molecule has 1 N–H and O–H groups in total. The normalized spacial score (nSPS) is 11.4. The van der Waals surface area contributed by atoms with Crippen LogP contribution in [0.5, 0.6) is 5.75 Å². The number of halogens is 4. The second-order valence-corrected chi connectivity index (χ2v) is 5.24. The highest BCUT2D eigenvalue weighted by Crippen LogP contribution is 2.33. The molecule has 114 valence electrons. The molecule has 0 radical (unpaired) electrons. The van der Waals surface area contributed by atoms with Crippen molar-refractivity contribution in [1.29, 1.82) is 0 Å². The Bertz CT molecular complexity index is 713. The molecule has 1 aromatic heterocycles. The number of hydrogen-bond donors (Lipinski definition) is 1. The molecule has 0 aliphatic heterocycles. The van der Waals surface area contributed by atoms with Crippen LogP contribution in [0.1, 0.15) is 26.1 Å². The summed E-state index contributed by atoms with van der Waals surface area (Å²) < 4.78 is 31.3. The van der Waals surface area contributed by atoms with Gasteiger partial charge in [-0.15, -0.1) is 5.10 Å². The minimum Gasteiger partial charge on any atom is -0.489 e. The molecule has 0 atom stereocenters. The Morgan fingerprint density at radius 2 is 1.95 bits per heavy atom. The average molecular weight is 338 g/mol. The van der Waals surface area contributed by atoms with Crippen LogP contribution in [0.15, 0.2) is 16.9 Å². The van der Waals surface area contributed by atoms with Gasteiger partial charge in [-0.1, -0.05) is 23.2 Å². The summed E-state index contributed by atoms with van der Waals surface area (Å²) in [6.45, 7) is 3.58. The fourth-order valence-corrected chi connectivity index (χ4v) is 2.13. The molecule has 21 heavy (non-hydrogen) atoms. The summed E-state index contributed by atoms with van der Waals surface area (Å²) in [5.41, 5.74) is -0.727. The smallest absolute Gasteiger partial charge is 0.348 e. The standard InChI is InChI=1S/C12H11Cl2F2N3O2/c1-5(2)21-9-4-8(6(13)3-7(9)14)19-12(20)17-11(18-19)10(15)16/h3-5,10H,1-2H3,(H,17,18,20). The monoisotopic (exact) mass is 337 g/mol. The van der Waals surface area contributed by atoms with Gasteiger partial charge in [-0.3, -0.25) is 4.98 Å². The Balaban J connectivity index is 2.55. The molecular weight excluding hydrogens is 327 g/mol. The molecule has 0 unspecified atom stereocenters. The molecule has 5 nitrogen and oxygen atoms in total. The second-order valence-electron chi connectivity index (χ2n) is 4.43. The second kappa shape index (κ2) is 6.03. The molecular formula is C12H11Cl2F2N3O2. The van der Waals surface area contributed by atoms with Crippen molar-refractivity contribution in [3.63, 3.8) is 0 Å². The van der Waals surface area contributed by atoms with Crippen LogP contribution in [0.3, 0.4) is 0 Å². The predicted octanol–water partition coefficient (Wildman–Crippen LogP) is 3.59. The van der Waals surface area contributed by atoms with Gasteiger partial charge in [0, 0.05) is 6.07 Å². The van der Waals surface area contributed by atoms with E-state index < -0.39 is 17.9 Å². The van der Waals surface area contributed by atoms with Crippen molar-refractivity contribution < 1.29 is 13.5 Å². The van der Waals surface area contributed by atoms with E-state index in [9.17, 15) is 13.6 Å². The Morgan fingerprint density at radius 1 is 1.29 bits per heavy atom. The molecule has 2 rings (SSSR count). The van der Waals surface area contributed by atoms with E-state index in [0.717, 1.165) is 4.68 Å². The fourth-order valence-electron chi connectivity index (χ4n) is 1.63. The maximum Gasteiger partial charge on any atom is 0.348 e. The Hall–Kier alpha value is -1.60. The zero-order valence-corrected chi connectivity index (χ0v) is 12.5. The van der Waals surface area contributed by atoms with Crippen LogP contribution < -0.4 is 10.4 Å². The minimum absolute atomic E-state index is 0.0884. The number of H-pyrrole nitrogens is 1. The van der Waals surface area contributed by atoms with Gasteiger partial charge in [0.15, 0.2) is 5.82 Å². The lowest BCUT2D eigenvalue weighted by Gasteiger charge is -2.13. The summed E-state index contributed by atoms with van der Waals surface area (Å²) >= 11 is 12.0. The SMILES string of the molecule is CC(C)Oc1cc(-n2nc(C(F)F)[nH]c2=O)c(Cl)cc1Cl. The van der Waals surface area contributed by atoms with Crippen LogP contribution in [0.25, 0.3) is 5.69 Å². The topological polar surface area (TPSA) is 59.9 Å². The number of ether oxygens (including phenoxy) is 1. The summed E-state index contributed by atoms with van der Waals surface area (Å²) in [6, 6.07) is 2.74. The molecule has 0 spiro atoms. The van der Waals surface area contributed by atoms with Crippen LogP contribution >= 0.6 is 23.2 Å². The number of nitrogens with zero attached hydrogens (tertiary/aromatic N) is 2. The summed E-state index contributed by atoms with van der Waals surface area (Å²) in [4.78, 5) is 13.7. The van der Waals surface area contributed by atoms with Gasteiger partial charge in [0.05, 0.1) is 21.8 Å². The number of hydrogen-bond acceptors (Lipinski definition) is 3. The highest BCUT2D eigenvalue weighted by Gasteiger charge is 2.18. The third-order valence-corrected chi connectivity index (χ3v) is 3.03. The third-order valence-electron chi connectivity index (χ3n) is 2.43. The highest BCUT2D eigenvalue weighted by molar-refractivity contribution is 6.36. The molecule has 1 aromatic carbocycles. The molecule has 0 amide bonds. The Kier molecular flexibility index (Phi) is 4.53. The lowest BCUT2D eigenvalue weighted by Crippen LogP contribution is -2.17. The number of rotatable bonds is 4. The van der Waals surface area contributed by atoms with Crippen molar-refractivity contribution in [2.75, 3.05) is 0 Å². The van der Waals surface area contributed by atoms with E-state index in [4.69, 9.17) is 27.9 Å². The third kappa shape index (κ3) is 3.36. The largest absolute Gasteiger partial charge is 0.489 e. The fraction of sp³-hybridized carbons (Fsp3) is 0.333. The first-order chi connectivity index (χ1) is 9.79. The Labute approximate surface area is 128 Å². The zero-order chi connectivity index (χ0) is 15.7. The average Bonchev–Trinajstić information content (AvgIpc) is 2.74. The van der Waals surface area contributed by atoms with E-state index in [1.165, 1.54) is 12.1 Å². The summed E-state index contributed by atoms with van der Waals surface area (Å²) in [5, 5.41) is 3.84. The van der Waals surface area contributed by atoms with Gasteiger partial charge in [0.25, 0.3) is 6.43 Å². The van der Waals surface area contributed by atoms with Gasteiger partial charge in [-0.05, 0) is 19.9 Å². The lowest BCUT2D eigenvalue weighted by atomic mass is 10.3. The number of nitrogens with one attached hydrogen (secondary N) is 1. The number of alkyl halides is 2. The molecule has 0 saturated heterocycles. The van der Waals surface area contributed by atoms with Gasteiger partial charge < -0.3 is 4.74 Å². The first kappa shape index (κ1) is 15.8. The quantitative estimate of drug-likeness (QED) is 0.927. The van der Waals surface area contributed by atoms with Gasteiger partial charge in [0.1, 0.15) is 5.75 Å². The zero-order valence-electron chi connectivity index (χ0n) is 11.0. The van der Waals surface area contributed by atoms with E-state index in [2.05, 4.69) is 5.10 Å². The van der Waals surface area contributed by atoms with E-state index in [1.54, 1.807) is 13.8 Å². The van der Waals surface area contributed by atoms with Crippen molar-refractivity contribution in [1.82, 2.24) is 14.8 Å². The summed E-state index contributed by atoms with van der Waals surface area (Å²) in [6.07, 6.45) is -3.06. The van der Waals surface area contributed by atoms with Crippen LogP contribution in [0, 0.1) is 0 Å². The molecule has 0 bridgehead atoms. The molecule has 0 saturated carbocycles. The van der Waals surface area contributed by atoms with E-state index >= 15 is 0 Å². The number of benzene rings is 1. The van der Waals surface area contributed by atoms with Gasteiger partial charge in [-0.25, -0.2) is 13.6 Å².